The average Bonchev–Trinajstić information content (AvgIpc) is 2.47. The summed E-state index contributed by atoms with van der Waals surface area (Å²) in [4.78, 5) is 0. The molecule has 2 nitrogen and oxygen atoms in total. The number of halogens is 3. The molecule has 0 fully saturated rings. The summed E-state index contributed by atoms with van der Waals surface area (Å²) in [7, 11) is 0. The van der Waals surface area contributed by atoms with Gasteiger partial charge in [0.2, 0.25) is 0 Å². The van der Waals surface area contributed by atoms with Crippen LogP contribution in [0.15, 0.2) is 48.5 Å². The third-order valence-electron chi connectivity index (χ3n) is 3.01. The van der Waals surface area contributed by atoms with E-state index >= 15 is 0 Å². The van der Waals surface area contributed by atoms with E-state index in [0.29, 0.717) is 6.54 Å². The summed E-state index contributed by atoms with van der Waals surface area (Å²) in [6.07, 6.45) is -2.48. The maximum atomic E-state index is 12.8. The normalized spacial score (nSPS) is 12.4. The van der Waals surface area contributed by atoms with E-state index in [1.807, 2.05) is 0 Å². The molecule has 2 rings (SSSR count). The molecule has 0 bridgehead atoms. The van der Waals surface area contributed by atoms with E-state index in [-0.39, 0.29) is 17.4 Å². The Kier molecular flexibility index (Phi) is 4.63. The van der Waals surface area contributed by atoms with Crippen molar-refractivity contribution in [2.24, 2.45) is 5.73 Å². The summed E-state index contributed by atoms with van der Waals surface area (Å²) in [5, 5.41) is 3.14. The monoisotopic (exact) mass is 280 g/mol. The lowest BCUT2D eigenvalue weighted by atomic mass is 10.0. The fourth-order valence-corrected chi connectivity index (χ4v) is 1.90. The molecule has 0 aliphatic carbocycles. The fourth-order valence-electron chi connectivity index (χ4n) is 1.90. The second-order valence-electron chi connectivity index (χ2n) is 4.41. The summed E-state index contributed by atoms with van der Waals surface area (Å²) >= 11 is 0. The Morgan fingerprint density at radius 3 is 1.95 bits per heavy atom. The molecule has 1 unspecified atom stereocenters. The van der Waals surface area contributed by atoms with Crippen molar-refractivity contribution in [2.45, 2.75) is 12.5 Å². The number of hydrogen-bond acceptors (Lipinski definition) is 2. The Hall–Kier alpha value is -2.01. The van der Waals surface area contributed by atoms with E-state index in [0.717, 1.165) is 11.3 Å². The molecule has 2 aromatic carbocycles. The van der Waals surface area contributed by atoms with E-state index in [2.05, 4.69) is 5.32 Å². The largest absolute Gasteiger partial charge is 0.377 e. The molecule has 0 spiro atoms. The summed E-state index contributed by atoms with van der Waals surface area (Å²) in [5.74, 6) is -0.318. The first-order valence-corrected chi connectivity index (χ1v) is 6.20. The van der Waals surface area contributed by atoms with Crippen LogP contribution in [0.4, 0.5) is 18.9 Å². The van der Waals surface area contributed by atoms with Crippen molar-refractivity contribution in [3.8, 4) is 0 Å². The van der Waals surface area contributed by atoms with Crippen molar-refractivity contribution < 1.29 is 13.2 Å². The number of hydrogen-bond donors (Lipinski definition) is 2. The van der Waals surface area contributed by atoms with Crippen LogP contribution in [0.25, 0.3) is 0 Å². The van der Waals surface area contributed by atoms with Crippen molar-refractivity contribution in [2.75, 3.05) is 11.9 Å². The highest BCUT2D eigenvalue weighted by Gasteiger charge is 2.11. The minimum atomic E-state index is -2.48. The summed E-state index contributed by atoms with van der Waals surface area (Å²) in [6, 6.07) is 11.7. The highest BCUT2D eigenvalue weighted by Crippen LogP contribution is 2.23. The Morgan fingerprint density at radius 2 is 1.45 bits per heavy atom. The lowest BCUT2D eigenvalue weighted by Gasteiger charge is -2.19. The van der Waals surface area contributed by atoms with Gasteiger partial charge in [-0.1, -0.05) is 24.3 Å². The molecule has 2 aromatic rings. The first kappa shape index (κ1) is 14.4. The Morgan fingerprint density at radius 1 is 0.900 bits per heavy atom. The molecular weight excluding hydrogens is 265 g/mol. The van der Waals surface area contributed by atoms with Crippen molar-refractivity contribution in [3.05, 3.63) is 65.5 Å². The van der Waals surface area contributed by atoms with Crippen LogP contribution in [0.5, 0.6) is 0 Å². The van der Waals surface area contributed by atoms with Gasteiger partial charge < -0.3 is 11.1 Å². The van der Waals surface area contributed by atoms with Gasteiger partial charge >= 0.3 is 0 Å². The highest BCUT2D eigenvalue weighted by molar-refractivity contribution is 5.45. The standard InChI is InChI=1S/C15H15F3N2/c16-12-5-7-13(8-6-12)20-14(9-19)10-1-3-11(4-2-10)15(17)18/h1-8,14-15,20H,9,19H2. The number of nitrogens with one attached hydrogen (secondary N) is 1. The number of nitrogens with two attached hydrogens (primary N) is 1. The van der Waals surface area contributed by atoms with Gasteiger partial charge in [0, 0.05) is 17.8 Å². The van der Waals surface area contributed by atoms with Crippen LogP contribution < -0.4 is 11.1 Å². The first-order chi connectivity index (χ1) is 9.60. The van der Waals surface area contributed by atoms with Crippen LogP contribution in [-0.2, 0) is 0 Å². The smallest absolute Gasteiger partial charge is 0.263 e. The Bertz CT molecular complexity index is 538. The van der Waals surface area contributed by atoms with Crippen molar-refractivity contribution in [1.29, 1.82) is 0 Å². The molecular formula is C15H15F3N2. The zero-order valence-corrected chi connectivity index (χ0v) is 10.7. The molecule has 0 radical (unpaired) electrons. The molecule has 3 N–H and O–H groups in total. The number of rotatable bonds is 5. The van der Waals surface area contributed by atoms with Crippen LogP contribution in [0.2, 0.25) is 0 Å². The third kappa shape index (κ3) is 3.51. The van der Waals surface area contributed by atoms with Crippen molar-refractivity contribution >= 4 is 5.69 Å². The molecule has 0 amide bonds. The summed E-state index contributed by atoms with van der Waals surface area (Å²) < 4.78 is 37.8. The Labute approximate surface area is 115 Å². The quantitative estimate of drug-likeness (QED) is 0.872. The van der Waals surface area contributed by atoms with Crippen LogP contribution in [0.1, 0.15) is 23.6 Å². The zero-order valence-electron chi connectivity index (χ0n) is 10.7. The molecule has 0 aliphatic rings. The van der Waals surface area contributed by atoms with Gasteiger partial charge in [-0.05, 0) is 29.8 Å². The number of benzene rings is 2. The van der Waals surface area contributed by atoms with Crippen molar-refractivity contribution in [3.63, 3.8) is 0 Å². The predicted octanol–water partition coefficient (Wildman–Crippen LogP) is 3.88. The topological polar surface area (TPSA) is 38.0 Å². The molecule has 0 saturated heterocycles. The average molecular weight is 280 g/mol. The van der Waals surface area contributed by atoms with Gasteiger partial charge in [0.05, 0.1) is 6.04 Å². The minimum absolute atomic E-state index is 0.0219. The lowest BCUT2D eigenvalue weighted by Crippen LogP contribution is -2.20. The summed E-state index contributed by atoms with van der Waals surface area (Å²) in [6.45, 7) is 0.297. The summed E-state index contributed by atoms with van der Waals surface area (Å²) in [5.41, 5.74) is 7.20. The second-order valence-corrected chi connectivity index (χ2v) is 4.41. The molecule has 20 heavy (non-hydrogen) atoms. The first-order valence-electron chi connectivity index (χ1n) is 6.20. The van der Waals surface area contributed by atoms with Crippen LogP contribution in [0.3, 0.4) is 0 Å². The van der Waals surface area contributed by atoms with E-state index in [9.17, 15) is 13.2 Å². The van der Waals surface area contributed by atoms with E-state index < -0.39 is 6.43 Å². The molecule has 0 saturated carbocycles. The lowest BCUT2D eigenvalue weighted by molar-refractivity contribution is 0.151. The maximum absolute atomic E-state index is 12.8. The molecule has 0 aliphatic heterocycles. The van der Waals surface area contributed by atoms with Crippen LogP contribution in [0, 0.1) is 5.82 Å². The number of anilines is 1. The van der Waals surface area contributed by atoms with Gasteiger partial charge in [-0.2, -0.15) is 0 Å². The SMILES string of the molecule is NCC(Nc1ccc(F)cc1)c1ccc(C(F)F)cc1. The third-order valence-corrected chi connectivity index (χ3v) is 3.01. The van der Waals surface area contributed by atoms with Crippen molar-refractivity contribution in [1.82, 2.24) is 0 Å². The van der Waals surface area contributed by atoms with E-state index in [1.165, 1.54) is 24.3 Å². The van der Waals surface area contributed by atoms with E-state index in [4.69, 9.17) is 5.73 Å². The van der Waals surface area contributed by atoms with E-state index in [1.54, 1.807) is 24.3 Å². The Balaban J connectivity index is 2.13. The molecule has 1 atom stereocenters. The van der Waals surface area contributed by atoms with Gasteiger partial charge in [0.1, 0.15) is 5.82 Å². The molecule has 0 aromatic heterocycles. The molecule has 106 valence electrons. The van der Waals surface area contributed by atoms with Gasteiger partial charge in [-0.25, -0.2) is 13.2 Å². The van der Waals surface area contributed by atoms with Crippen LogP contribution in [-0.4, -0.2) is 6.54 Å². The molecule has 5 heteroatoms. The van der Waals surface area contributed by atoms with Crippen LogP contribution >= 0.6 is 0 Å². The fraction of sp³-hybridized carbons (Fsp3) is 0.200. The van der Waals surface area contributed by atoms with Gasteiger partial charge in [-0.3, -0.25) is 0 Å². The molecule has 0 heterocycles. The maximum Gasteiger partial charge on any atom is 0.263 e. The highest BCUT2D eigenvalue weighted by atomic mass is 19.3. The number of alkyl halides is 2. The van der Waals surface area contributed by atoms with Gasteiger partial charge in [0.25, 0.3) is 6.43 Å². The minimum Gasteiger partial charge on any atom is -0.377 e. The predicted molar refractivity (Wildman–Crippen MR) is 73.2 cm³/mol. The zero-order chi connectivity index (χ0) is 14.5. The second kappa shape index (κ2) is 6.43. The van der Waals surface area contributed by atoms with Gasteiger partial charge in [-0.15, -0.1) is 0 Å². The van der Waals surface area contributed by atoms with Gasteiger partial charge in [0.15, 0.2) is 0 Å².